The number of nitrogens with zero attached hydrogens (tertiary/aromatic N) is 1. The fourth-order valence-electron chi connectivity index (χ4n) is 2.31. The van der Waals surface area contributed by atoms with E-state index in [0.717, 1.165) is 0 Å². The van der Waals surface area contributed by atoms with Gasteiger partial charge in [-0.15, -0.1) is 0 Å². The smallest absolute Gasteiger partial charge is 0.336 e. The van der Waals surface area contributed by atoms with Crippen LogP contribution < -0.4 is 5.43 Å². The third-order valence-electron chi connectivity index (χ3n) is 3.39. The first-order valence-electron chi connectivity index (χ1n) is 6.63. The second kappa shape index (κ2) is 5.81. The highest BCUT2D eigenvalue weighted by molar-refractivity contribution is 9.10. The van der Waals surface area contributed by atoms with E-state index in [4.69, 9.17) is 0 Å². The maximum atomic E-state index is 11.8. The number of aromatic nitrogens is 1. The van der Waals surface area contributed by atoms with Gasteiger partial charge in [0.15, 0.2) is 5.75 Å². The third-order valence-corrected chi connectivity index (χ3v) is 3.88. The summed E-state index contributed by atoms with van der Waals surface area (Å²) in [5.74, 6) is -1.58. The van der Waals surface area contributed by atoms with E-state index in [9.17, 15) is 19.8 Å². The van der Waals surface area contributed by atoms with Crippen molar-refractivity contribution in [1.29, 1.82) is 0 Å². The van der Waals surface area contributed by atoms with Crippen LogP contribution in [0.4, 0.5) is 0 Å². The van der Waals surface area contributed by atoms with E-state index in [-0.39, 0.29) is 16.8 Å². The molecule has 23 heavy (non-hydrogen) atoms. The summed E-state index contributed by atoms with van der Waals surface area (Å²) in [6.07, 6.45) is 0. The molecule has 0 saturated carbocycles. The lowest BCUT2D eigenvalue weighted by atomic mass is 10.0. The number of aromatic hydroxyl groups is 1. The van der Waals surface area contributed by atoms with E-state index in [1.54, 1.807) is 24.3 Å². The first-order valence-corrected chi connectivity index (χ1v) is 7.43. The second-order valence-corrected chi connectivity index (χ2v) is 5.78. The zero-order chi connectivity index (χ0) is 16.6. The minimum absolute atomic E-state index is 0.0556. The van der Waals surface area contributed by atoms with Gasteiger partial charge in [-0.25, -0.2) is 9.78 Å². The van der Waals surface area contributed by atoms with E-state index >= 15 is 0 Å². The average Bonchev–Trinajstić information content (AvgIpc) is 2.67. The number of rotatable bonds is 2. The van der Waals surface area contributed by atoms with Gasteiger partial charge in [0.05, 0.1) is 16.8 Å². The van der Waals surface area contributed by atoms with E-state index < -0.39 is 17.1 Å². The van der Waals surface area contributed by atoms with Crippen LogP contribution in [0.15, 0.2) is 57.8 Å². The lowest BCUT2D eigenvalue weighted by molar-refractivity contribution is 0.0699. The van der Waals surface area contributed by atoms with Gasteiger partial charge < -0.3 is 10.2 Å². The lowest BCUT2D eigenvalue weighted by Gasteiger charge is -2.07. The molecule has 0 unspecified atom stereocenters. The van der Waals surface area contributed by atoms with E-state index in [1.807, 2.05) is 0 Å². The number of hydrogen-bond donors (Lipinski definition) is 2. The molecule has 114 valence electrons. The van der Waals surface area contributed by atoms with Crippen LogP contribution >= 0.6 is 15.9 Å². The predicted molar refractivity (Wildman–Crippen MR) is 89.8 cm³/mol. The second-order valence-electron chi connectivity index (χ2n) is 4.87. The van der Waals surface area contributed by atoms with Gasteiger partial charge in [-0.3, -0.25) is 4.79 Å². The molecule has 1 aromatic heterocycles. The summed E-state index contributed by atoms with van der Waals surface area (Å²) in [7, 11) is 0. The third kappa shape index (κ3) is 2.80. The number of pyridine rings is 1. The summed E-state index contributed by atoms with van der Waals surface area (Å²) in [6, 6.07) is 12.4. The molecule has 0 saturated heterocycles. The zero-order valence-electron chi connectivity index (χ0n) is 11.7. The Morgan fingerprint density at radius 1 is 1.09 bits per heavy atom. The van der Waals surface area contributed by atoms with E-state index in [0.29, 0.717) is 15.4 Å². The summed E-state index contributed by atoms with van der Waals surface area (Å²) in [6.45, 7) is 0. The Kier molecular flexibility index (Phi) is 3.83. The van der Waals surface area contributed by atoms with Crippen molar-refractivity contribution < 1.29 is 15.0 Å². The van der Waals surface area contributed by atoms with Crippen molar-refractivity contribution in [3.8, 4) is 17.0 Å². The summed E-state index contributed by atoms with van der Waals surface area (Å²) in [4.78, 5) is 27.7. The van der Waals surface area contributed by atoms with Crippen molar-refractivity contribution in [3.05, 3.63) is 68.8 Å². The molecule has 6 heteroatoms. The standard InChI is InChI=1S/C17H10BrNO4/c18-9-5-6-15(20)16(21)12(7-9)14-8-11(17(22)23)10-3-1-2-4-13(10)19-14/h1-8H,(H,20,21)(H,22,23). The molecule has 0 radical (unpaired) electrons. The first-order chi connectivity index (χ1) is 11.0. The summed E-state index contributed by atoms with van der Waals surface area (Å²) < 4.78 is 0.566. The largest absolute Gasteiger partial charge is 0.504 e. The van der Waals surface area contributed by atoms with Crippen molar-refractivity contribution in [2.24, 2.45) is 0 Å². The number of halogens is 1. The van der Waals surface area contributed by atoms with Gasteiger partial charge in [0.25, 0.3) is 0 Å². The van der Waals surface area contributed by atoms with Crippen molar-refractivity contribution in [3.63, 3.8) is 0 Å². The highest BCUT2D eigenvalue weighted by Crippen LogP contribution is 2.30. The zero-order valence-corrected chi connectivity index (χ0v) is 13.2. The number of hydrogen-bond acceptors (Lipinski definition) is 4. The SMILES string of the molecule is O=C(O)c1cc(-c2cc(Br)ccc(=O)c2O)nc2ccccc12. The number of carboxylic acid groups (broad SMARTS) is 1. The van der Waals surface area contributed by atoms with Gasteiger partial charge in [-0.1, -0.05) is 34.1 Å². The quantitative estimate of drug-likeness (QED) is 0.720. The fraction of sp³-hybridized carbons (Fsp3) is 0. The van der Waals surface area contributed by atoms with Crippen LogP contribution in [0.1, 0.15) is 10.4 Å². The molecule has 5 nitrogen and oxygen atoms in total. The number of carbonyl (C=O) groups is 1. The van der Waals surface area contributed by atoms with Gasteiger partial charge in [0.2, 0.25) is 5.43 Å². The normalized spacial score (nSPS) is 10.7. The molecular weight excluding hydrogens is 362 g/mol. The maximum absolute atomic E-state index is 11.8. The molecule has 0 aliphatic rings. The lowest BCUT2D eigenvalue weighted by Crippen LogP contribution is -2.01. The topological polar surface area (TPSA) is 87.5 Å². The monoisotopic (exact) mass is 371 g/mol. The molecule has 2 aromatic carbocycles. The van der Waals surface area contributed by atoms with Crippen LogP contribution in [0, 0.1) is 0 Å². The van der Waals surface area contributed by atoms with E-state index in [1.165, 1.54) is 24.3 Å². The summed E-state index contributed by atoms with van der Waals surface area (Å²) >= 11 is 3.26. The van der Waals surface area contributed by atoms with Crippen LogP contribution in [0.5, 0.6) is 5.75 Å². The maximum Gasteiger partial charge on any atom is 0.336 e. The number of aromatic carboxylic acids is 1. The Bertz CT molecular complexity index is 1000. The van der Waals surface area contributed by atoms with Crippen molar-refractivity contribution >= 4 is 32.8 Å². The van der Waals surface area contributed by atoms with Crippen LogP contribution in [0.25, 0.3) is 22.2 Å². The molecule has 0 amide bonds. The number of carboxylic acids is 1. The highest BCUT2D eigenvalue weighted by atomic mass is 79.9. The number of para-hydroxylation sites is 1. The van der Waals surface area contributed by atoms with Crippen molar-refractivity contribution in [2.45, 2.75) is 0 Å². The van der Waals surface area contributed by atoms with Crippen LogP contribution in [0.2, 0.25) is 0 Å². The minimum atomic E-state index is -1.11. The number of benzene rings is 1. The van der Waals surface area contributed by atoms with Gasteiger partial charge >= 0.3 is 5.97 Å². The summed E-state index contributed by atoms with van der Waals surface area (Å²) in [5, 5.41) is 20.0. The Labute approximate surface area is 139 Å². The van der Waals surface area contributed by atoms with Gasteiger partial charge in [-0.2, -0.15) is 0 Å². The Morgan fingerprint density at radius 2 is 1.83 bits per heavy atom. The molecule has 0 fully saturated rings. The molecule has 0 aliphatic heterocycles. The average molecular weight is 372 g/mol. The molecule has 0 aliphatic carbocycles. The van der Waals surface area contributed by atoms with Crippen molar-refractivity contribution in [1.82, 2.24) is 4.98 Å². The molecule has 2 N–H and O–H groups in total. The van der Waals surface area contributed by atoms with E-state index in [2.05, 4.69) is 20.9 Å². The Hall–Kier alpha value is -2.73. The Balaban J connectivity index is 2.41. The molecule has 0 spiro atoms. The van der Waals surface area contributed by atoms with Gasteiger partial charge in [-0.05, 0) is 30.3 Å². The molecular formula is C17H10BrNO4. The van der Waals surface area contributed by atoms with Crippen LogP contribution in [-0.4, -0.2) is 21.2 Å². The van der Waals surface area contributed by atoms with Crippen LogP contribution in [0.3, 0.4) is 0 Å². The molecule has 3 aromatic rings. The highest BCUT2D eigenvalue weighted by Gasteiger charge is 2.15. The minimum Gasteiger partial charge on any atom is -0.504 e. The molecule has 0 atom stereocenters. The number of fused-ring (bicyclic) bond motifs is 1. The van der Waals surface area contributed by atoms with Crippen molar-refractivity contribution in [2.75, 3.05) is 0 Å². The first kappa shape index (κ1) is 15.2. The fourth-order valence-corrected chi connectivity index (χ4v) is 2.67. The predicted octanol–water partition coefficient (Wildman–Crippen LogP) is 3.43. The van der Waals surface area contributed by atoms with Crippen LogP contribution in [-0.2, 0) is 0 Å². The molecule has 0 bridgehead atoms. The van der Waals surface area contributed by atoms with Gasteiger partial charge in [0.1, 0.15) is 0 Å². The summed E-state index contributed by atoms with van der Waals surface area (Å²) in [5.41, 5.74) is 0.335. The van der Waals surface area contributed by atoms with Gasteiger partial charge in [0, 0.05) is 15.4 Å². The molecule has 1 heterocycles. The molecule has 3 rings (SSSR count). The Morgan fingerprint density at radius 3 is 2.57 bits per heavy atom.